The van der Waals surface area contributed by atoms with Crippen molar-refractivity contribution >= 4 is 28.5 Å². The number of carbonyl (C=O) groups is 2. The van der Waals surface area contributed by atoms with Crippen LogP contribution in [0.5, 0.6) is 0 Å². The summed E-state index contributed by atoms with van der Waals surface area (Å²) >= 11 is 0. The zero-order valence-corrected chi connectivity index (χ0v) is 14.2. The molecule has 1 saturated heterocycles. The summed E-state index contributed by atoms with van der Waals surface area (Å²) in [5.41, 5.74) is 8.21. The molecule has 1 aliphatic heterocycles. The summed E-state index contributed by atoms with van der Waals surface area (Å²) in [5, 5.41) is 16.8. The van der Waals surface area contributed by atoms with Crippen LogP contribution in [0.1, 0.15) is 12.8 Å². The summed E-state index contributed by atoms with van der Waals surface area (Å²) in [7, 11) is 0. The molecule has 2 aromatic rings. The van der Waals surface area contributed by atoms with Gasteiger partial charge in [0.15, 0.2) is 0 Å². The Morgan fingerprint density at radius 3 is 2.54 bits per heavy atom. The third-order valence-electron chi connectivity index (χ3n) is 4.73. The van der Waals surface area contributed by atoms with E-state index in [1.54, 1.807) is 0 Å². The summed E-state index contributed by atoms with van der Waals surface area (Å²) in [6, 6.07) is 11.8. The fourth-order valence-corrected chi connectivity index (χ4v) is 3.51. The lowest BCUT2D eigenvalue weighted by Crippen LogP contribution is -2.38. The number of hydrogen-bond acceptors (Lipinski definition) is 5. The fourth-order valence-electron chi connectivity index (χ4n) is 3.51. The molecule has 3 atom stereocenters. The van der Waals surface area contributed by atoms with Gasteiger partial charge in [-0.2, -0.15) is 0 Å². The second-order valence-electron chi connectivity index (χ2n) is 6.49. The molecule has 1 aromatic carbocycles. The van der Waals surface area contributed by atoms with E-state index < -0.39 is 11.9 Å². The minimum absolute atomic E-state index is 0.511. The molecule has 0 spiro atoms. The predicted molar refractivity (Wildman–Crippen MR) is 98.0 cm³/mol. The third kappa shape index (κ3) is 4.00. The minimum atomic E-state index is -1.26. The van der Waals surface area contributed by atoms with Crippen molar-refractivity contribution < 1.29 is 19.8 Å². The number of hydrogen-bond donors (Lipinski definition) is 3. The second kappa shape index (κ2) is 7.53. The normalized spacial score (nSPS) is 23.4. The van der Waals surface area contributed by atoms with E-state index in [0.717, 1.165) is 24.0 Å². The monoisotopic (exact) mass is 355 g/mol. The van der Waals surface area contributed by atoms with Crippen LogP contribution >= 0.6 is 0 Å². The van der Waals surface area contributed by atoms with Gasteiger partial charge in [-0.1, -0.05) is 18.2 Å². The van der Waals surface area contributed by atoms with E-state index in [0.29, 0.717) is 18.2 Å². The van der Waals surface area contributed by atoms with E-state index in [4.69, 9.17) is 15.9 Å². The molecule has 1 saturated carbocycles. The minimum Gasteiger partial charge on any atom is -0.478 e. The Morgan fingerprint density at radius 2 is 1.88 bits per heavy atom. The first-order chi connectivity index (χ1) is 12.5. The smallest absolute Gasteiger partial charge is 0.328 e. The van der Waals surface area contributed by atoms with Crippen LogP contribution in [0.25, 0.3) is 10.9 Å². The van der Waals surface area contributed by atoms with Crippen molar-refractivity contribution in [1.29, 1.82) is 0 Å². The number of para-hydroxylation sites is 1. The van der Waals surface area contributed by atoms with Crippen LogP contribution in [0.2, 0.25) is 0 Å². The summed E-state index contributed by atoms with van der Waals surface area (Å²) in [5.74, 6) is -1.63. The molecule has 1 aliphatic carbocycles. The molecule has 4 rings (SSSR count). The maximum atomic E-state index is 9.55. The van der Waals surface area contributed by atoms with Gasteiger partial charge in [-0.3, -0.25) is 4.98 Å². The molecular formula is C19H21N3O4. The molecule has 3 unspecified atom stereocenters. The van der Waals surface area contributed by atoms with Gasteiger partial charge in [-0.15, -0.1) is 0 Å². The highest BCUT2D eigenvalue weighted by molar-refractivity contribution is 5.89. The quantitative estimate of drug-likeness (QED) is 0.717. The van der Waals surface area contributed by atoms with Crippen molar-refractivity contribution in [2.45, 2.75) is 24.9 Å². The van der Waals surface area contributed by atoms with Crippen LogP contribution in [-0.2, 0) is 9.59 Å². The van der Waals surface area contributed by atoms with Crippen molar-refractivity contribution in [2.24, 2.45) is 11.7 Å². The number of piperidine rings is 1. The average molecular weight is 355 g/mol. The Balaban J connectivity index is 0.000000211. The topological polar surface area (TPSA) is 117 Å². The Bertz CT molecular complexity index is 836. The Labute approximate surface area is 150 Å². The van der Waals surface area contributed by atoms with Crippen LogP contribution in [0.4, 0.5) is 5.69 Å². The van der Waals surface area contributed by atoms with E-state index in [2.05, 4.69) is 34.1 Å². The van der Waals surface area contributed by atoms with Gasteiger partial charge in [0.05, 0.1) is 17.4 Å². The number of benzene rings is 1. The molecule has 2 heterocycles. The molecule has 4 N–H and O–H groups in total. The van der Waals surface area contributed by atoms with Crippen LogP contribution in [0.15, 0.2) is 48.7 Å². The SMILES string of the molecule is NCC1CC2CC2N1c1cnc2ccccc2c1.O=C(O)C=CC(=O)O. The van der Waals surface area contributed by atoms with Crippen LogP contribution in [0, 0.1) is 5.92 Å². The fraction of sp³-hybridized carbons (Fsp3) is 0.316. The Hall–Kier alpha value is -2.93. The van der Waals surface area contributed by atoms with Gasteiger partial charge >= 0.3 is 11.9 Å². The summed E-state index contributed by atoms with van der Waals surface area (Å²) in [6.45, 7) is 0.750. The van der Waals surface area contributed by atoms with Gasteiger partial charge in [-0.25, -0.2) is 9.59 Å². The highest BCUT2D eigenvalue weighted by atomic mass is 16.4. The lowest BCUT2D eigenvalue weighted by atomic mass is 10.1. The number of nitrogens with two attached hydrogens (primary N) is 1. The zero-order chi connectivity index (χ0) is 18.7. The van der Waals surface area contributed by atoms with Gasteiger partial charge in [0.25, 0.3) is 0 Å². The third-order valence-corrected chi connectivity index (χ3v) is 4.73. The molecule has 0 amide bonds. The number of fused-ring (bicyclic) bond motifs is 2. The van der Waals surface area contributed by atoms with Crippen molar-refractivity contribution in [3.05, 3.63) is 48.7 Å². The van der Waals surface area contributed by atoms with Crippen molar-refractivity contribution in [3.63, 3.8) is 0 Å². The first kappa shape index (κ1) is 17.9. The molecule has 7 nitrogen and oxygen atoms in total. The number of carboxylic acid groups (broad SMARTS) is 2. The molecular weight excluding hydrogens is 334 g/mol. The van der Waals surface area contributed by atoms with E-state index in [1.165, 1.54) is 23.9 Å². The highest BCUT2D eigenvalue weighted by Crippen LogP contribution is 2.49. The maximum absolute atomic E-state index is 9.55. The largest absolute Gasteiger partial charge is 0.478 e. The summed E-state index contributed by atoms with van der Waals surface area (Å²) in [4.78, 5) is 26.2. The first-order valence-corrected chi connectivity index (χ1v) is 8.46. The molecule has 2 fully saturated rings. The molecule has 0 radical (unpaired) electrons. The number of aliphatic carboxylic acids is 2. The van der Waals surface area contributed by atoms with Crippen molar-refractivity contribution in [1.82, 2.24) is 4.98 Å². The average Bonchev–Trinajstić information content (AvgIpc) is 3.30. The van der Waals surface area contributed by atoms with Gasteiger partial charge in [0.1, 0.15) is 0 Å². The molecule has 2 aliphatic rings. The van der Waals surface area contributed by atoms with Crippen molar-refractivity contribution in [2.75, 3.05) is 11.4 Å². The summed E-state index contributed by atoms with van der Waals surface area (Å²) < 4.78 is 0. The number of aromatic nitrogens is 1. The number of rotatable bonds is 4. The van der Waals surface area contributed by atoms with Gasteiger partial charge in [0, 0.05) is 36.2 Å². The first-order valence-electron chi connectivity index (χ1n) is 8.46. The number of nitrogens with zero attached hydrogens (tertiary/aromatic N) is 2. The van der Waals surface area contributed by atoms with E-state index in [1.807, 2.05) is 12.3 Å². The standard InChI is InChI=1S/C15H17N3.C4H4O4/c16-8-12-6-11-7-15(11)18(12)13-5-10-3-1-2-4-14(10)17-9-13;5-3(6)1-2-4(7)8/h1-5,9,11-12,15H,6-8,16H2;1-2H,(H,5,6)(H,7,8). The molecule has 26 heavy (non-hydrogen) atoms. The number of anilines is 1. The van der Waals surface area contributed by atoms with E-state index >= 15 is 0 Å². The zero-order valence-electron chi connectivity index (χ0n) is 14.2. The maximum Gasteiger partial charge on any atom is 0.328 e. The number of carboxylic acids is 2. The Morgan fingerprint density at radius 1 is 1.19 bits per heavy atom. The number of pyridine rings is 1. The van der Waals surface area contributed by atoms with Crippen LogP contribution in [0.3, 0.4) is 0 Å². The lowest BCUT2D eigenvalue weighted by molar-refractivity contribution is -0.134. The second-order valence-corrected chi connectivity index (χ2v) is 6.49. The molecule has 0 bridgehead atoms. The Kier molecular flexibility index (Phi) is 5.18. The summed E-state index contributed by atoms with van der Waals surface area (Å²) in [6.07, 6.45) is 5.72. The lowest BCUT2D eigenvalue weighted by Gasteiger charge is -2.28. The van der Waals surface area contributed by atoms with Gasteiger partial charge in [0.2, 0.25) is 0 Å². The molecule has 136 valence electrons. The van der Waals surface area contributed by atoms with E-state index in [-0.39, 0.29) is 0 Å². The molecule has 1 aromatic heterocycles. The predicted octanol–water partition coefficient (Wildman–Crippen LogP) is 1.87. The van der Waals surface area contributed by atoms with Gasteiger partial charge < -0.3 is 20.8 Å². The van der Waals surface area contributed by atoms with E-state index in [9.17, 15) is 9.59 Å². The highest BCUT2D eigenvalue weighted by Gasteiger charge is 2.51. The van der Waals surface area contributed by atoms with Gasteiger partial charge in [-0.05, 0) is 30.9 Å². The van der Waals surface area contributed by atoms with Crippen LogP contribution < -0.4 is 10.6 Å². The molecule has 7 heteroatoms. The van der Waals surface area contributed by atoms with Crippen molar-refractivity contribution in [3.8, 4) is 0 Å². The van der Waals surface area contributed by atoms with Crippen LogP contribution in [-0.4, -0.2) is 45.8 Å².